The maximum absolute atomic E-state index is 5.98. The molecule has 0 spiro atoms. The first-order valence-electron chi connectivity index (χ1n) is 5.94. The number of aryl methyl sites for hydroxylation is 1. The predicted octanol–water partition coefficient (Wildman–Crippen LogP) is 4.17. The monoisotopic (exact) mass is 340 g/mol. The predicted molar refractivity (Wildman–Crippen MR) is 82.9 cm³/mol. The van der Waals surface area contributed by atoms with Crippen LogP contribution < -0.4 is 11.1 Å². The Morgan fingerprint density at radius 3 is 2.84 bits per heavy atom. The van der Waals surface area contributed by atoms with Crippen LogP contribution in [0.3, 0.4) is 0 Å². The maximum Gasteiger partial charge on any atom is 0.136 e. The zero-order chi connectivity index (χ0) is 13.8. The molecule has 0 radical (unpaired) electrons. The van der Waals surface area contributed by atoms with Gasteiger partial charge >= 0.3 is 0 Å². The molecule has 0 bridgehead atoms. The van der Waals surface area contributed by atoms with Gasteiger partial charge in [-0.2, -0.15) is 0 Å². The van der Waals surface area contributed by atoms with Crippen molar-refractivity contribution in [3.8, 4) is 0 Å². The Morgan fingerprint density at radius 1 is 1.32 bits per heavy atom. The van der Waals surface area contributed by atoms with Gasteiger partial charge in [0.1, 0.15) is 17.5 Å². The molecule has 0 saturated carbocycles. The highest BCUT2D eigenvalue weighted by Crippen LogP contribution is 2.28. The van der Waals surface area contributed by atoms with Crippen LogP contribution in [0.1, 0.15) is 19.2 Å². The lowest BCUT2D eigenvalue weighted by Gasteiger charge is -2.10. The third-order valence-electron chi connectivity index (χ3n) is 2.46. The summed E-state index contributed by atoms with van der Waals surface area (Å²) >= 11 is 9.44. The van der Waals surface area contributed by atoms with Gasteiger partial charge in [0.2, 0.25) is 0 Å². The SMILES string of the molecule is CCCc1nc(N)cc(Nc2cc(Cl)ccc2Br)n1. The fourth-order valence-electron chi connectivity index (χ4n) is 1.65. The minimum absolute atomic E-state index is 0.458. The summed E-state index contributed by atoms with van der Waals surface area (Å²) < 4.78 is 0.908. The number of nitrogens with two attached hydrogens (primary N) is 1. The second-order valence-electron chi connectivity index (χ2n) is 4.09. The molecule has 4 nitrogen and oxygen atoms in total. The van der Waals surface area contributed by atoms with Crippen molar-refractivity contribution in [2.45, 2.75) is 19.8 Å². The van der Waals surface area contributed by atoms with E-state index in [1.54, 1.807) is 6.07 Å². The van der Waals surface area contributed by atoms with E-state index in [9.17, 15) is 0 Å². The molecule has 19 heavy (non-hydrogen) atoms. The van der Waals surface area contributed by atoms with Crippen LogP contribution in [0.2, 0.25) is 5.02 Å². The number of nitrogen functional groups attached to an aromatic ring is 1. The van der Waals surface area contributed by atoms with E-state index in [1.807, 2.05) is 18.2 Å². The van der Waals surface area contributed by atoms with Gasteiger partial charge in [0.15, 0.2) is 0 Å². The molecule has 1 heterocycles. The van der Waals surface area contributed by atoms with Gasteiger partial charge < -0.3 is 11.1 Å². The summed E-state index contributed by atoms with van der Waals surface area (Å²) in [5.41, 5.74) is 6.62. The van der Waals surface area contributed by atoms with Gasteiger partial charge in [0, 0.05) is 22.0 Å². The average Bonchev–Trinajstić information content (AvgIpc) is 2.33. The molecule has 0 fully saturated rings. The summed E-state index contributed by atoms with van der Waals surface area (Å²) in [6.45, 7) is 2.08. The third-order valence-corrected chi connectivity index (χ3v) is 3.38. The molecular weight excluding hydrogens is 328 g/mol. The van der Waals surface area contributed by atoms with Crippen molar-refractivity contribution in [1.29, 1.82) is 0 Å². The normalized spacial score (nSPS) is 10.5. The summed E-state index contributed by atoms with van der Waals surface area (Å²) in [7, 11) is 0. The van der Waals surface area contributed by atoms with E-state index >= 15 is 0 Å². The lowest BCUT2D eigenvalue weighted by molar-refractivity contribution is 0.839. The van der Waals surface area contributed by atoms with Crippen LogP contribution in [0.25, 0.3) is 0 Å². The van der Waals surface area contributed by atoms with Crippen molar-refractivity contribution < 1.29 is 0 Å². The first-order valence-corrected chi connectivity index (χ1v) is 7.11. The number of hydrogen-bond donors (Lipinski definition) is 2. The molecule has 0 aliphatic rings. The first kappa shape index (κ1) is 14.1. The smallest absolute Gasteiger partial charge is 0.136 e. The van der Waals surface area contributed by atoms with E-state index < -0.39 is 0 Å². The van der Waals surface area contributed by atoms with Crippen LogP contribution in [-0.2, 0) is 6.42 Å². The number of hydrogen-bond acceptors (Lipinski definition) is 4. The Kier molecular flexibility index (Phi) is 4.61. The summed E-state index contributed by atoms with van der Waals surface area (Å²) in [5.74, 6) is 1.86. The highest BCUT2D eigenvalue weighted by molar-refractivity contribution is 9.10. The van der Waals surface area contributed by atoms with Gasteiger partial charge in [-0.3, -0.25) is 0 Å². The standard InChI is InChI=1S/C13H14BrClN4/c1-2-3-12-18-11(16)7-13(19-12)17-10-6-8(15)4-5-9(10)14/h4-7H,2-3H2,1H3,(H3,16,17,18,19). The van der Waals surface area contributed by atoms with Gasteiger partial charge in [0.05, 0.1) is 5.69 Å². The Labute approximate surface area is 125 Å². The van der Waals surface area contributed by atoms with Crippen molar-refractivity contribution in [3.05, 3.63) is 39.6 Å². The van der Waals surface area contributed by atoms with Crippen LogP contribution in [0.5, 0.6) is 0 Å². The van der Waals surface area contributed by atoms with Crippen molar-refractivity contribution >= 4 is 44.9 Å². The Hall–Kier alpha value is -1.33. The van der Waals surface area contributed by atoms with Crippen molar-refractivity contribution in [3.63, 3.8) is 0 Å². The zero-order valence-electron chi connectivity index (χ0n) is 10.5. The molecule has 100 valence electrons. The quantitative estimate of drug-likeness (QED) is 0.876. The highest BCUT2D eigenvalue weighted by Gasteiger charge is 2.05. The van der Waals surface area contributed by atoms with Gasteiger partial charge in [0.25, 0.3) is 0 Å². The number of benzene rings is 1. The van der Waals surface area contributed by atoms with Crippen molar-refractivity contribution in [2.75, 3.05) is 11.1 Å². The fourth-order valence-corrected chi connectivity index (χ4v) is 2.17. The first-order chi connectivity index (χ1) is 9.08. The van der Waals surface area contributed by atoms with Crippen molar-refractivity contribution in [2.24, 2.45) is 0 Å². The minimum Gasteiger partial charge on any atom is -0.384 e. The summed E-state index contributed by atoms with van der Waals surface area (Å²) in [6, 6.07) is 7.21. The summed E-state index contributed by atoms with van der Waals surface area (Å²) in [5, 5.41) is 3.84. The van der Waals surface area contributed by atoms with Gasteiger partial charge in [-0.05, 0) is 40.5 Å². The van der Waals surface area contributed by atoms with E-state index in [0.717, 1.165) is 28.8 Å². The third kappa shape index (κ3) is 3.81. The van der Waals surface area contributed by atoms with Gasteiger partial charge in [-0.25, -0.2) is 9.97 Å². The zero-order valence-corrected chi connectivity index (χ0v) is 12.8. The van der Waals surface area contributed by atoms with Crippen molar-refractivity contribution in [1.82, 2.24) is 9.97 Å². The van der Waals surface area contributed by atoms with E-state index in [2.05, 4.69) is 38.1 Å². The van der Waals surface area contributed by atoms with Crippen LogP contribution in [0.15, 0.2) is 28.7 Å². The molecule has 0 unspecified atom stereocenters. The lowest BCUT2D eigenvalue weighted by atomic mass is 10.3. The second kappa shape index (κ2) is 6.21. The van der Waals surface area contributed by atoms with E-state index in [1.165, 1.54) is 0 Å². The molecule has 0 amide bonds. The summed E-state index contributed by atoms with van der Waals surface area (Å²) in [4.78, 5) is 8.62. The molecular formula is C13H14BrClN4. The van der Waals surface area contributed by atoms with E-state index in [-0.39, 0.29) is 0 Å². The van der Waals surface area contributed by atoms with E-state index in [4.69, 9.17) is 17.3 Å². The van der Waals surface area contributed by atoms with Gasteiger partial charge in [-0.1, -0.05) is 18.5 Å². The average molecular weight is 342 g/mol. The number of rotatable bonds is 4. The molecule has 0 aliphatic carbocycles. The number of nitrogens with one attached hydrogen (secondary N) is 1. The Balaban J connectivity index is 2.29. The van der Waals surface area contributed by atoms with Gasteiger partial charge in [-0.15, -0.1) is 0 Å². The minimum atomic E-state index is 0.458. The number of halogens is 2. The van der Waals surface area contributed by atoms with Crippen LogP contribution in [0.4, 0.5) is 17.3 Å². The number of aromatic nitrogens is 2. The fraction of sp³-hybridized carbons (Fsp3) is 0.231. The largest absolute Gasteiger partial charge is 0.384 e. The number of nitrogens with zero attached hydrogens (tertiary/aromatic N) is 2. The lowest BCUT2D eigenvalue weighted by Crippen LogP contribution is -2.03. The molecule has 0 saturated heterocycles. The molecule has 3 N–H and O–H groups in total. The van der Waals surface area contributed by atoms with Crippen LogP contribution in [-0.4, -0.2) is 9.97 Å². The topological polar surface area (TPSA) is 63.8 Å². The van der Waals surface area contributed by atoms with Crippen LogP contribution in [0, 0.1) is 0 Å². The molecule has 2 rings (SSSR count). The second-order valence-corrected chi connectivity index (χ2v) is 5.38. The molecule has 1 aromatic heterocycles. The Bertz CT molecular complexity index is 589. The van der Waals surface area contributed by atoms with Crippen LogP contribution >= 0.6 is 27.5 Å². The molecule has 1 aromatic carbocycles. The molecule has 0 aliphatic heterocycles. The van der Waals surface area contributed by atoms with E-state index in [0.29, 0.717) is 16.7 Å². The molecule has 2 aromatic rings. The number of anilines is 3. The highest BCUT2D eigenvalue weighted by atomic mass is 79.9. The Morgan fingerprint density at radius 2 is 2.11 bits per heavy atom. The summed E-state index contributed by atoms with van der Waals surface area (Å²) in [6.07, 6.45) is 1.78. The molecule has 0 atom stereocenters. The molecule has 6 heteroatoms. The maximum atomic E-state index is 5.98.